The van der Waals surface area contributed by atoms with E-state index >= 15 is 0 Å². The Bertz CT molecular complexity index is 1690. The Morgan fingerprint density at radius 2 is 1.79 bits per heavy atom. The van der Waals surface area contributed by atoms with Crippen molar-refractivity contribution < 1.29 is 19.2 Å². The second kappa shape index (κ2) is 10.4. The number of ether oxygens (including phenoxy) is 1. The fraction of sp³-hybridized carbons (Fsp3) is 0.200. The third-order valence-corrected chi connectivity index (χ3v) is 6.89. The minimum Gasteiger partial charge on any atom is -0.497 e. The number of hydrogen-bond acceptors (Lipinski definition) is 7. The number of anilines is 1. The molecular formula is C30H27ClN4O4. The molecule has 0 unspecified atom stereocenters. The molecule has 0 radical (unpaired) electrons. The molecule has 0 saturated carbocycles. The van der Waals surface area contributed by atoms with Gasteiger partial charge in [0.25, 0.3) is 0 Å². The molecule has 39 heavy (non-hydrogen) atoms. The molecule has 2 aromatic carbocycles. The van der Waals surface area contributed by atoms with Gasteiger partial charge in [0.05, 0.1) is 35.3 Å². The number of carbonyl (C=O) groups is 1. The van der Waals surface area contributed by atoms with E-state index < -0.39 is 5.97 Å². The molecule has 198 valence electrons. The van der Waals surface area contributed by atoms with E-state index in [9.17, 15) is 9.90 Å². The number of methoxy groups -OCH3 is 1. The van der Waals surface area contributed by atoms with Crippen LogP contribution in [0.2, 0.25) is 5.15 Å². The van der Waals surface area contributed by atoms with E-state index in [1.54, 1.807) is 19.2 Å². The van der Waals surface area contributed by atoms with Gasteiger partial charge in [0.2, 0.25) is 0 Å². The normalized spacial score (nSPS) is 11.9. The first-order valence-corrected chi connectivity index (χ1v) is 12.7. The number of rotatable bonds is 7. The predicted octanol–water partition coefficient (Wildman–Crippen LogP) is 7.41. The van der Waals surface area contributed by atoms with Crippen molar-refractivity contribution in [2.24, 2.45) is 0 Å². The standard InChI is InChI=1S/C30H27ClN4O4/c1-15-12-21(16(2)32-24-10-11-26(31)34-29(24)30(36)37)23-14-22(19-6-8-20(38-5)9-7-19)28(33-25(23)13-15)27-17(3)35-39-18(27)4/h6-14,16,32H,1-5H3,(H,36,37)/t16-/m0/s1. The van der Waals surface area contributed by atoms with Crippen LogP contribution in [0.4, 0.5) is 5.69 Å². The Kier molecular flexibility index (Phi) is 6.97. The summed E-state index contributed by atoms with van der Waals surface area (Å²) in [6.07, 6.45) is 0. The van der Waals surface area contributed by atoms with Gasteiger partial charge < -0.3 is 19.7 Å². The van der Waals surface area contributed by atoms with Gasteiger partial charge in [-0.3, -0.25) is 0 Å². The summed E-state index contributed by atoms with van der Waals surface area (Å²) in [4.78, 5) is 21.0. The minimum absolute atomic E-state index is 0.117. The van der Waals surface area contributed by atoms with Gasteiger partial charge in [-0.1, -0.05) is 35.0 Å². The number of fused-ring (bicyclic) bond motifs is 1. The molecule has 2 N–H and O–H groups in total. The molecule has 9 heteroatoms. The number of halogens is 1. The summed E-state index contributed by atoms with van der Waals surface area (Å²) in [7, 11) is 1.64. The summed E-state index contributed by atoms with van der Waals surface area (Å²) >= 11 is 5.96. The summed E-state index contributed by atoms with van der Waals surface area (Å²) in [6.45, 7) is 7.77. The van der Waals surface area contributed by atoms with Gasteiger partial charge in [0, 0.05) is 17.0 Å². The Balaban J connectivity index is 1.71. The molecule has 0 spiro atoms. The quantitative estimate of drug-likeness (QED) is 0.204. The smallest absolute Gasteiger partial charge is 0.356 e. The lowest BCUT2D eigenvalue weighted by Crippen LogP contribution is -2.13. The maximum Gasteiger partial charge on any atom is 0.356 e. The topological polar surface area (TPSA) is 110 Å². The second-order valence-corrected chi connectivity index (χ2v) is 9.82. The van der Waals surface area contributed by atoms with Crippen LogP contribution in [0.5, 0.6) is 5.75 Å². The van der Waals surface area contributed by atoms with E-state index in [4.69, 9.17) is 25.8 Å². The first-order valence-electron chi connectivity index (χ1n) is 12.4. The molecule has 5 aromatic rings. The van der Waals surface area contributed by atoms with Crippen LogP contribution in [-0.2, 0) is 0 Å². The monoisotopic (exact) mass is 542 g/mol. The predicted molar refractivity (Wildman–Crippen MR) is 152 cm³/mol. The number of carboxylic acids is 1. The van der Waals surface area contributed by atoms with Crippen molar-refractivity contribution in [1.82, 2.24) is 15.1 Å². The van der Waals surface area contributed by atoms with E-state index in [1.807, 2.05) is 58.0 Å². The molecule has 0 aliphatic heterocycles. The first kappa shape index (κ1) is 26.2. The SMILES string of the molecule is COc1ccc(-c2cc3c([C@H](C)Nc4ccc(Cl)nc4C(=O)O)cc(C)cc3nc2-c2c(C)noc2C)cc1. The lowest BCUT2D eigenvalue weighted by molar-refractivity contribution is 0.0691. The van der Waals surface area contributed by atoms with Crippen LogP contribution >= 0.6 is 11.6 Å². The van der Waals surface area contributed by atoms with Crippen molar-refractivity contribution in [1.29, 1.82) is 0 Å². The molecule has 1 atom stereocenters. The summed E-state index contributed by atoms with van der Waals surface area (Å²) in [5.41, 5.74) is 7.29. The number of pyridine rings is 2. The van der Waals surface area contributed by atoms with Gasteiger partial charge in [-0.05, 0) is 80.8 Å². The largest absolute Gasteiger partial charge is 0.497 e. The highest BCUT2D eigenvalue weighted by atomic mass is 35.5. The number of nitrogens with zero attached hydrogens (tertiary/aromatic N) is 3. The fourth-order valence-electron chi connectivity index (χ4n) is 4.84. The van der Waals surface area contributed by atoms with Gasteiger partial charge in [-0.2, -0.15) is 0 Å². The molecule has 0 fully saturated rings. The fourth-order valence-corrected chi connectivity index (χ4v) is 4.98. The number of carboxylic acid groups (broad SMARTS) is 1. The zero-order chi connectivity index (χ0) is 27.8. The van der Waals surface area contributed by atoms with Crippen LogP contribution in [0.15, 0.2) is 59.1 Å². The highest BCUT2D eigenvalue weighted by Gasteiger charge is 2.22. The molecule has 3 heterocycles. The third kappa shape index (κ3) is 5.03. The van der Waals surface area contributed by atoms with Gasteiger partial charge in [-0.15, -0.1) is 0 Å². The number of aromatic carboxylic acids is 1. The lowest BCUT2D eigenvalue weighted by Gasteiger charge is -2.21. The minimum atomic E-state index is -1.16. The van der Waals surface area contributed by atoms with Crippen LogP contribution in [-0.4, -0.2) is 33.3 Å². The molecule has 0 saturated heterocycles. The molecule has 0 aliphatic carbocycles. The average molecular weight is 543 g/mol. The van der Waals surface area contributed by atoms with E-state index in [2.05, 4.69) is 27.6 Å². The molecule has 0 bridgehead atoms. The second-order valence-electron chi connectivity index (χ2n) is 9.43. The van der Waals surface area contributed by atoms with Crippen LogP contribution in [0, 0.1) is 20.8 Å². The lowest BCUT2D eigenvalue weighted by atomic mass is 9.93. The maximum absolute atomic E-state index is 11.8. The first-order chi connectivity index (χ1) is 18.7. The Morgan fingerprint density at radius 3 is 2.44 bits per heavy atom. The van der Waals surface area contributed by atoms with Crippen LogP contribution < -0.4 is 10.1 Å². The summed E-state index contributed by atoms with van der Waals surface area (Å²) < 4.78 is 10.9. The number of hydrogen-bond donors (Lipinski definition) is 2. The van der Waals surface area contributed by atoms with Crippen molar-refractivity contribution in [3.05, 3.63) is 88.0 Å². The molecule has 3 aromatic heterocycles. The van der Waals surface area contributed by atoms with Crippen molar-refractivity contribution in [2.75, 3.05) is 12.4 Å². The van der Waals surface area contributed by atoms with E-state index in [0.717, 1.165) is 55.9 Å². The number of nitrogens with one attached hydrogen (secondary N) is 1. The molecule has 0 aliphatic rings. The van der Waals surface area contributed by atoms with E-state index in [-0.39, 0.29) is 16.9 Å². The third-order valence-electron chi connectivity index (χ3n) is 6.68. The van der Waals surface area contributed by atoms with E-state index in [1.165, 1.54) is 0 Å². The Labute approximate surface area is 230 Å². The molecule has 8 nitrogen and oxygen atoms in total. The van der Waals surface area contributed by atoms with Crippen molar-refractivity contribution in [3.8, 4) is 28.1 Å². The highest BCUT2D eigenvalue weighted by molar-refractivity contribution is 6.29. The summed E-state index contributed by atoms with van der Waals surface area (Å²) in [6, 6.07) is 17.0. The summed E-state index contributed by atoms with van der Waals surface area (Å²) in [5, 5.41) is 18.2. The van der Waals surface area contributed by atoms with Crippen LogP contribution in [0.25, 0.3) is 33.3 Å². The zero-order valence-electron chi connectivity index (χ0n) is 22.2. The van der Waals surface area contributed by atoms with Crippen molar-refractivity contribution in [3.63, 3.8) is 0 Å². The summed E-state index contributed by atoms with van der Waals surface area (Å²) in [5.74, 6) is 0.286. The van der Waals surface area contributed by atoms with Gasteiger partial charge in [0.1, 0.15) is 16.7 Å². The van der Waals surface area contributed by atoms with Crippen molar-refractivity contribution >= 4 is 34.2 Å². The van der Waals surface area contributed by atoms with E-state index in [0.29, 0.717) is 11.4 Å². The zero-order valence-corrected chi connectivity index (χ0v) is 22.9. The number of aromatic nitrogens is 3. The molecule has 0 amide bonds. The van der Waals surface area contributed by atoms with Crippen molar-refractivity contribution in [2.45, 2.75) is 33.7 Å². The Hall–Kier alpha value is -4.43. The van der Waals surface area contributed by atoms with Gasteiger partial charge in [0.15, 0.2) is 5.69 Å². The highest BCUT2D eigenvalue weighted by Crippen LogP contribution is 2.39. The van der Waals surface area contributed by atoms with Crippen LogP contribution in [0.1, 0.15) is 46.0 Å². The average Bonchev–Trinajstić information content (AvgIpc) is 3.25. The van der Waals surface area contributed by atoms with Gasteiger partial charge >= 0.3 is 5.97 Å². The maximum atomic E-state index is 11.8. The molecule has 5 rings (SSSR count). The number of benzene rings is 2. The van der Waals surface area contributed by atoms with Gasteiger partial charge in [-0.25, -0.2) is 14.8 Å². The number of aryl methyl sites for hydroxylation is 3. The molecular weight excluding hydrogens is 516 g/mol. The Morgan fingerprint density at radius 1 is 1.05 bits per heavy atom. The van der Waals surface area contributed by atoms with Crippen LogP contribution in [0.3, 0.4) is 0 Å².